The number of amides is 1. The molecular weight excluding hydrogens is 274 g/mol. The maximum atomic E-state index is 13.6. The molecule has 1 rings (SSSR count). The largest absolute Gasteiger partial charge is 0.370 e. The van der Waals surface area contributed by atoms with E-state index in [1.165, 1.54) is 0 Å². The van der Waals surface area contributed by atoms with Crippen LogP contribution in [0, 0.1) is 11.6 Å². The summed E-state index contributed by atoms with van der Waals surface area (Å²) >= 11 is 5.76. The minimum atomic E-state index is -0.816. The molecule has 6 heteroatoms. The molecule has 1 aromatic rings. The second kappa shape index (κ2) is 6.70. The van der Waals surface area contributed by atoms with Gasteiger partial charge in [-0.25, -0.2) is 8.78 Å². The number of carbonyl (C=O) groups is 1. The first-order chi connectivity index (χ1) is 8.90. The Morgan fingerprint density at radius 1 is 1.37 bits per heavy atom. The maximum Gasteiger partial charge on any atom is 0.244 e. The summed E-state index contributed by atoms with van der Waals surface area (Å²) in [5, 5.41) is 2.60. The van der Waals surface area contributed by atoms with E-state index in [0.29, 0.717) is 13.1 Å². The predicted molar refractivity (Wildman–Crippen MR) is 72.4 cm³/mol. The van der Waals surface area contributed by atoms with Crippen LogP contribution in [0.2, 0.25) is 5.02 Å². The van der Waals surface area contributed by atoms with Gasteiger partial charge in [0.2, 0.25) is 5.91 Å². The van der Waals surface area contributed by atoms with Crippen molar-refractivity contribution in [2.75, 3.05) is 18.4 Å². The molecule has 1 N–H and O–H groups in total. The van der Waals surface area contributed by atoms with Gasteiger partial charge in [0.1, 0.15) is 11.9 Å². The second-order valence-electron chi connectivity index (χ2n) is 4.12. The van der Waals surface area contributed by atoms with Crippen LogP contribution in [0.25, 0.3) is 0 Å². The van der Waals surface area contributed by atoms with Gasteiger partial charge in [0.05, 0.1) is 10.7 Å². The molecule has 0 heterocycles. The van der Waals surface area contributed by atoms with Crippen LogP contribution in [-0.2, 0) is 4.79 Å². The zero-order chi connectivity index (χ0) is 14.6. The van der Waals surface area contributed by atoms with Gasteiger partial charge < -0.3 is 10.2 Å². The zero-order valence-corrected chi connectivity index (χ0v) is 11.9. The molecule has 1 aromatic carbocycles. The van der Waals surface area contributed by atoms with Crippen molar-refractivity contribution in [3.8, 4) is 0 Å². The Balaban J connectivity index is 2.88. The van der Waals surface area contributed by atoms with Gasteiger partial charge in [0.25, 0.3) is 0 Å². The van der Waals surface area contributed by atoms with E-state index < -0.39 is 17.7 Å². The average molecular weight is 291 g/mol. The fourth-order valence-corrected chi connectivity index (χ4v) is 2.02. The predicted octanol–water partition coefficient (Wildman–Crippen LogP) is 3.29. The third-order valence-electron chi connectivity index (χ3n) is 2.81. The van der Waals surface area contributed by atoms with Crippen LogP contribution in [0.5, 0.6) is 0 Å². The lowest BCUT2D eigenvalue weighted by Gasteiger charge is -2.24. The molecule has 0 saturated carbocycles. The van der Waals surface area contributed by atoms with Crippen LogP contribution in [0.1, 0.15) is 20.8 Å². The van der Waals surface area contributed by atoms with Gasteiger partial charge in [0, 0.05) is 19.2 Å². The first-order valence-electron chi connectivity index (χ1n) is 6.10. The molecule has 3 nitrogen and oxygen atoms in total. The van der Waals surface area contributed by atoms with Crippen LogP contribution >= 0.6 is 11.6 Å². The SMILES string of the molecule is CCN(CC)C(=O)C(C)Nc1c(F)cc(F)cc1Cl. The molecular formula is C13H17ClF2N2O. The van der Waals surface area contributed by atoms with E-state index in [9.17, 15) is 13.6 Å². The number of carbonyl (C=O) groups excluding carboxylic acids is 1. The number of benzene rings is 1. The number of anilines is 1. The molecule has 0 aliphatic carbocycles. The van der Waals surface area contributed by atoms with Gasteiger partial charge in [-0.15, -0.1) is 0 Å². The van der Waals surface area contributed by atoms with Crippen LogP contribution < -0.4 is 5.32 Å². The van der Waals surface area contributed by atoms with Crippen molar-refractivity contribution >= 4 is 23.2 Å². The van der Waals surface area contributed by atoms with Crippen molar-refractivity contribution < 1.29 is 13.6 Å². The van der Waals surface area contributed by atoms with Crippen LogP contribution in [0.3, 0.4) is 0 Å². The number of hydrogen-bond acceptors (Lipinski definition) is 2. The first-order valence-corrected chi connectivity index (χ1v) is 6.48. The fourth-order valence-electron chi connectivity index (χ4n) is 1.77. The summed E-state index contributed by atoms with van der Waals surface area (Å²) < 4.78 is 26.5. The number of nitrogens with one attached hydrogen (secondary N) is 1. The van der Waals surface area contributed by atoms with E-state index in [4.69, 9.17) is 11.6 Å². The Morgan fingerprint density at radius 3 is 2.42 bits per heavy atom. The molecule has 0 aliphatic rings. The minimum Gasteiger partial charge on any atom is -0.370 e. The molecule has 0 fully saturated rings. The number of halogens is 3. The maximum absolute atomic E-state index is 13.6. The topological polar surface area (TPSA) is 32.3 Å². The summed E-state index contributed by atoms with van der Waals surface area (Å²) in [6.45, 7) is 6.47. The highest BCUT2D eigenvalue weighted by molar-refractivity contribution is 6.33. The van der Waals surface area contributed by atoms with Gasteiger partial charge in [-0.3, -0.25) is 4.79 Å². The first kappa shape index (κ1) is 15.7. The molecule has 0 saturated heterocycles. The third-order valence-corrected chi connectivity index (χ3v) is 3.11. The number of likely N-dealkylation sites (N-methyl/N-ethyl adjacent to an activating group) is 1. The number of nitrogens with zero attached hydrogens (tertiary/aromatic N) is 1. The highest BCUT2D eigenvalue weighted by atomic mass is 35.5. The Labute approximate surface area is 116 Å². The molecule has 19 heavy (non-hydrogen) atoms. The van der Waals surface area contributed by atoms with E-state index >= 15 is 0 Å². The van der Waals surface area contributed by atoms with Crippen molar-refractivity contribution in [1.29, 1.82) is 0 Å². The zero-order valence-electron chi connectivity index (χ0n) is 11.1. The molecule has 0 radical (unpaired) electrons. The highest BCUT2D eigenvalue weighted by Crippen LogP contribution is 2.27. The lowest BCUT2D eigenvalue weighted by molar-refractivity contribution is -0.131. The molecule has 106 valence electrons. The van der Waals surface area contributed by atoms with Crippen LogP contribution in [0.15, 0.2) is 12.1 Å². The van der Waals surface area contributed by atoms with E-state index in [2.05, 4.69) is 5.32 Å². The number of rotatable bonds is 5. The molecule has 1 atom stereocenters. The monoisotopic (exact) mass is 290 g/mol. The van der Waals surface area contributed by atoms with E-state index in [0.717, 1.165) is 12.1 Å². The fraction of sp³-hybridized carbons (Fsp3) is 0.462. The Bertz CT molecular complexity index is 441. The summed E-state index contributed by atoms with van der Waals surface area (Å²) in [7, 11) is 0. The Morgan fingerprint density at radius 2 is 1.95 bits per heavy atom. The summed E-state index contributed by atoms with van der Waals surface area (Å²) in [5.41, 5.74) is -0.0592. The number of hydrogen-bond donors (Lipinski definition) is 1. The van der Waals surface area contributed by atoms with Gasteiger partial charge in [-0.2, -0.15) is 0 Å². The van der Waals surface area contributed by atoms with Crippen molar-refractivity contribution in [2.45, 2.75) is 26.8 Å². The quantitative estimate of drug-likeness (QED) is 0.902. The van der Waals surface area contributed by atoms with Gasteiger partial charge in [-0.05, 0) is 26.8 Å². The molecule has 0 aliphatic heterocycles. The van der Waals surface area contributed by atoms with Crippen LogP contribution in [0.4, 0.5) is 14.5 Å². The smallest absolute Gasteiger partial charge is 0.244 e. The van der Waals surface area contributed by atoms with Crippen molar-refractivity contribution in [1.82, 2.24) is 4.90 Å². The Kier molecular flexibility index (Phi) is 5.54. The molecule has 0 bridgehead atoms. The van der Waals surface area contributed by atoms with E-state index in [1.54, 1.807) is 11.8 Å². The summed E-state index contributed by atoms with van der Waals surface area (Å²) in [5.74, 6) is -1.73. The highest BCUT2D eigenvalue weighted by Gasteiger charge is 2.20. The van der Waals surface area contributed by atoms with Crippen LogP contribution in [-0.4, -0.2) is 29.9 Å². The molecule has 0 aromatic heterocycles. The molecule has 1 amide bonds. The van der Waals surface area contributed by atoms with Crippen molar-refractivity contribution in [2.24, 2.45) is 0 Å². The summed E-state index contributed by atoms with van der Waals surface area (Å²) in [6.07, 6.45) is 0. The molecule has 1 unspecified atom stereocenters. The van der Waals surface area contributed by atoms with E-state index in [1.807, 2.05) is 13.8 Å². The van der Waals surface area contributed by atoms with Gasteiger partial charge in [-0.1, -0.05) is 11.6 Å². The average Bonchev–Trinajstić information content (AvgIpc) is 2.34. The normalized spacial score (nSPS) is 12.1. The standard InChI is InChI=1S/C13H17ClF2N2O/c1-4-18(5-2)13(19)8(3)17-12-10(14)6-9(15)7-11(12)16/h6-8,17H,4-5H2,1-3H3. The van der Waals surface area contributed by atoms with Gasteiger partial charge >= 0.3 is 0 Å². The van der Waals surface area contributed by atoms with Crippen molar-refractivity contribution in [3.05, 3.63) is 28.8 Å². The summed E-state index contributed by atoms with van der Waals surface area (Å²) in [6, 6.07) is 1.09. The second-order valence-corrected chi connectivity index (χ2v) is 4.53. The van der Waals surface area contributed by atoms with Gasteiger partial charge in [0.15, 0.2) is 5.82 Å². The minimum absolute atomic E-state index is 0.0592. The third kappa shape index (κ3) is 3.80. The summed E-state index contributed by atoms with van der Waals surface area (Å²) in [4.78, 5) is 13.6. The Hall–Kier alpha value is -1.36. The molecule has 0 spiro atoms. The lowest BCUT2D eigenvalue weighted by Crippen LogP contribution is -2.41. The lowest BCUT2D eigenvalue weighted by atomic mass is 10.2. The van der Waals surface area contributed by atoms with E-state index in [-0.39, 0.29) is 16.6 Å². The van der Waals surface area contributed by atoms with Crippen molar-refractivity contribution in [3.63, 3.8) is 0 Å².